The first-order chi connectivity index (χ1) is 14.6. The molecule has 0 bridgehead atoms. The largest absolute Gasteiger partial charge is 0.293 e. The molecule has 4 aromatic rings. The second-order valence-electron chi connectivity index (χ2n) is 7.27. The van der Waals surface area contributed by atoms with E-state index in [2.05, 4.69) is 14.9 Å². The average Bonchev–Trinajstić information content (AvgIpc) is 3.23. The van der Waals surface area contributed by atoms with E-state index in [1.54, 1.807) is 11.3 Å². The highest BCUT2D eigenvalue weighted by molar-refractivity contribution is 7.15. The van der Waals surface area contributed by atoms with E-state index in [1.165, 1.54) is 10.4 Å². The normalized spacial score (nSPS) is 13.9. The highest BCUT2D eigenvalue weighted by Crippen LogP contribution is 2.28. The molecule has 2 aromatic heterocycles. The van der Waals surface area contributed by atoms with Crippen molar-refractivity contribution < 1.29 is 0 Å². The Balaban J connectivity index is 1.28. The number of rotatable bonds is 4. The van der Waals surface area contributed by atoms with Crippen LogP contribution in [0.2, 0.25) is 10.0 Å². The van der Waals surface area contributed by atoms with Gasteiger partial charge in [0.25, 0.3) is 0 Å². The summed E-state index contributed by atoms with van der Waals surface area (Å²) in [5.74, 6) is 0.758. The summed E-state index contributed by atoms with van der Waals surface area (Å²) in [7, 11) is 0. The van der Waals surface area contributed by atoms with Crippen molar-refractivity contribution >= 4 is 34.5 Å². The second-order valence-corrected chi connectivity index (χ2v) is 9.26. The van der Waals surface area contributed by atoms with Gasteiger partial charge in [-0.3, -0.25) is 4.90 Å². The average molecular weight is 453 g/mol. The summed E-state index contributed by atoms with van der Waals surface area (Å²) in [5, 5.41) is 2.48. The summed E-state index contributed by atoms with van der Waals surface area (Å²) in [6.07, 6.45) is 4.86. The fraction of sp³-hybridized carbons (Fsp3) is 0.174. The molecule has 0 N–H and O–H groups in total. The molecule has 0 spiro atoms. The predicted octanol–water partition coefficient (Wildman–Crippen LogP) is 6.13. The maximum Gasteiger partial charge on any atom is 0.159 e. The molecular weight excluding hydrogens is 435 g/mol. The van der Waals surface area contributed by atoms with Gasteiger partial charge in [-0.05, 0) is 36.4 Å². The summed E-state index contributed by atoms with van der Waals surface area (Å²) in [6, 6.07) is 15.5. The maximum absolute atomic E-state index is 5.99. The lowest BCUT2D eigenvalue weighted by Crippen LogP contribution is -2.30. The summed E-state index contributed by atoms with van der Waals surface area (Å²) < 4.78 is 0. The van der Waals surface area contributed by atoms with Gasteiger partial charge in [-0.25, -0.2) is 15.0 Å². The zero-order valence-corrected chi connectivity index (χ0v) is 18.4. The van der Waals surface area contributed by atoms with Gasteiger partial charge in [0.1, 0.15) is 5.01 Å². The zero-order valence-electron chi connectivity index (χ0n) is 16.1. The third-order valence-corrected chi connectivity index (χ3v) is 6.67. The number of thiazole rings is 1. The standard InChI is InChI=1S/C23H18Cl2N4S/c24-18-5-1-15(2-6-18)22-26-11-17-13-29(10-9-21(17)28-22)14-20-12-27-23(30-20)16-3-7-19(25)8-4-16/h1-8,11-12H,9-10,13-14H2. The summed E-state index contributed by atoms with van der Waals surface area (Å²) >= 11 is 13.7. The van der Waals surface area contributed by atoms with E-state index in [4.69, 9.17) is 28.2 Å². The van der Waals surface area contributed by atoms with E-state index in [1.807, 2.05) is 60.9 Å². The Labute approximate surface area is 189 Å². The Bertz CT molecular complexity index is 1170. The van der Waals surface area contributed by atoms with Crippen molar-refractivity contribution in [3.63, 3.8) is 0 Å². The first-order valence-corrected chi connectivity index (χ1v) is 11.2. The zero-order chi connectivity index (χ0) is 20.5. The minimum Gasteiger partial charge on any atom is -0.293 e. The fourth-order valence-electron chi connectivity index (χ4n) is 3.57. The molecule has 4 nitrogen and oxygen atoms in total. The smallest absolute Gasteiger partial charge is 0.159 e. The molecule has 150 valence electrons. The quantitative estimate of drug-likeness (QED) is 0.373. The Morgan fingerprint density at radius 1 is 0.867 bits per heavy atom. The van der Waals surface area contributed by atoms with Crippen molar-refractivity contribution in [2.75, 3.05) is 6.54 Å². The van der Waals surface area contributed by atoms with Crippen molar-refractivity contribution in [2.24, 2.45) is 0 Å². The Morgan fingerprint density at radius 2 is 1.57 bits per heavy atom. The SMILES string of the molecule is Clc1ccc(-c2ncc3c(n2)CCN(Cc2cnc(-c4ccc(Cl)cc4)s2)C3)cc1. The van der Waals surface area contributed by atoms with E-state index in [0.29, 0.717) is 0 Å². The lowest BCUT2D eigenvalue weighted by Gasteiger charge is -2.27. The molecule has 0 saturated heterocycles. The Morgan fingerprint density at radius 3 is 2.30 bits per heavy atom. The third-order valence-electron chi connectivity index (χ3n) is 5.14. The Hall–Kier alpha value is -2.31. The van der Waals surface area contributed by atoms with Crippen molar-refractivity contribution in [3.8, 4) is 22.0 Å². The van der Waals surface area contributed by atoms with Crippen LogP contribution in [0.5, 0.6) is 0 Å². The lowest BCUT2D eigenvalue weighted by atomic mass is 10.1. The number of halogens is 2. The first-order valence-electron chi connectivity index (χ1n) is 9.68. The van der Waals surface area contributed by atoms with Crippen LogP contribution in [0.1, 0.15) is 16.1 Å². The summed E-state index contributed by atoms with van der Waals surface area (Å²) in [5.41, 5.74) is 4.42. The maximum atomic E-state index is 5.99. The molecule has 30 heavy (non-hydrogen) atoms. The van der Waals surface area contributed by atoms with Gasteiger partial charge in [-0.15, -0.1) is 11.3 Å². The van der Waals surface area contributed by atoms with E-state index in [9.17, 15) is 0 Å². The predicted molar refractivity (Wildman–Crippen MR) is 123 cm³/mol. The van der Waals surface area contributed by atoms with E-state index >= 15 is 0 Å². The van der Waals surface area contributed by atoms with Crippen molar-refractivity contribution in [1.29, 1.82) is 0 Å². The molecule has 7 heteroatoms. The van der Waals surface area contributed by atoms with Gasteiger partial charge in [0.05, 0.1) is 5.69 Å². The second kappa shape index (κ2) is 8.44. The molecular formula is C23H18Cl2N4S. The van der Waals surface area contributed by atoms with Crippen LogP contribution in [0.3, 0.4) is 0 Å². The minimum absolute atomic E-state index is 0.717. The molecule has 1 aliphatic heterocycles. The molecule has 0 unspecified atom stereocenters. The van der Waals surface area contributed by atoms with Crippen LogP contribution in [0, 0.1) is 0 Å². The minimum atomic E-state index is 0.717. The fourth-order valence-corrected chi connectivity index (χ4v) is 4.79. The molecule has 0 radical (unpaired) electrons. The van der Waals surface area contributed by atoms with Gasteiger partial charge >= 0.3 is 0 Å². The van der Waals surface area contributed by atoms with Gasteiger partial charge in [-0.1, -0.05) is 35.3 Å². The van der Waals surface area contributed by atoms with Crippen LogP contribution in [0.4, 0.5) is 0 Å². The summed E-state index contributed by atoms with van der Waals surface area (Å²) in [6.45, 7) is 2.70. The van der Waals surface area contributed by atoms with Crippen LogP contribution >= 0.6 is 34.5 Å². The summed E-state index contributed by atoms with van der Waals surface area (Å²) in [4.78, 5) is 17.7. The monoisotopic (exact) mass is 452 g/mol. The van der Waals surface area contributed by atoms with Gasteiger partial charge in [-0.2, -0.15) is 0 Å². The van der Waals surface area contributed by atoms with Gasteiger partial charge in [0, 0.05) is 70.1 Å². The van der Waals surface area contributed by atoms with E-state index in [-0.39, 0.29) is 0 Å². The van der Waals surface area contributed by atoms with Crippen LogP contribution in [0.15, 0.2) is 60.9 Å². The van der Waals surface area contributed by atoms with Crippen LogP contribution in [0.25, 0.3) is 22.0 Å². The van der Waals surface area contributed by atoms with E-state index < -0.39 is 0 Å². The topological polar surface area (TPSA) is 41.9 Å². The Kier molecular flexibility index (Phi) is 5.52. The van der Waals surface area contributed by atoms with Gasteiger partial charge < -0.3 is 0 Å². The van der Waals surface area contributed by atoms with Crippen molar-refractivity contribution in [3.05, 3.63) is 87.1 Å². The number of fused-ring (bicyclic) bond motifs is 1. The van der Waals surface area contributed by atoms with Gasteiger partial charge in [0.15, 0.2) is 5.82 Å². The molecule has 5 rings (SSSR count). The van der Waals surface area contributed by atoms with Crippen molar-refractivity contribution in [1.82, 2.24) is 19.9 Å². The van der Waals surface area contributed by atoms with E-state index in [0.717, 1.165) is 63.8 Å². The number of nitrogens with zero attached hydrogens (tertiary/aromatic N) is 4. The highest BCUT2D eigenvalue weighted by Gasteiger charge is 2.20. The first kappa shape index (κ1) is 19.6. The number of hydrogen-bond donors (Lipinski definition) is 0. The number of aromatic nitrogens is 3. The van der Waals surface area contributed by atoms with Gasteiger partial charge in [0.2, 0.25) is 0 Å². The number of benzene rings is 2. The molecule has 0 atom stereocenters. The highest BCUT2D eigenvalue weighted by atomic mass is 35.5. The van der Waals surface area contributed by atoms with Crippen molar-refractivity contribution in [2.45, 2.75) is 19.5 Å². The molecule has 1 aliphatic rings. The molecule has 2 aromatic carbocycles. The van der Waals surface area contributed by atoms with Crippen LogP contribution < -0.4 is 0 Å². The molecule has 0 aliphatic carbocycles. The van der Waals surface area contributed by atoms with Crippen LogP contribution in [-0.2, 0) is 19.5 Å². The molecule has 0 saturated carbocycles. The number of hydrogen-bond acceptors (Lipinski definition) is 5. The lowest BCUT2D eigenvalue weighted by molar-refractivity contribution is 0.245. The molecule has 0 amide bonds. The molecule has 0 fully saturated rings. The van der Waals surface area contributed by atoms with Crippen LogP contribution in [-0.4, -0.2) is 26.4 Å². The molecule has 3 heterocycles. The third kappa shape index (κ3) is 4.25.